The van der Waals surface area contributed by atoms with Gasteiger partial charge in [0.1, 0.15) is 0 Å². The molecular weight excluding hydrogens is 350 g/mol. The second kappa shape index (κ2) is 7.60. The molecule has 0 saturated carbocycles. The van der Waals surface area contributed by atoms with Crippen LogP contribution in [-0.4, -0.2) is 32.3 Å². The van der Waals surface area contributed by atoms with E-state index >= 15 is 0 Å². The van der Waals surface area contributed by atoms with E-state index in [1.807, 2.05) is 18.2 Å². The lowest BCUT2D eigenvalue weighted by Crippen LogP contribution is -2.33. The summed E-state index contributed by atoms with van der Waals surface area (Å²) in [6.07, 6.45) is 2.74. The Balaban J connectivity index is 1.88. The summed E-state index contributed by atoms with van der Waals surface area (Å²) in [6.45, 7) is 2.01. The van der Waals surface area contributed by atoms with Gasteiger partial charge < -0.3 is 4.74 Å². The molecule has 138 valence electrons. The predicted octanol–water partition coefficient (Wildman–Crippen LogP) is 3.56. The first-order valence-electron chi connectivity index (χ1n) is 8.78. The van der Waals surface area contributed by atoms with Crippen LogP contribution >= 0.6 is 0 Å². The van der Waals surface area contributed by atoms with E-state index in [0.717, 1.165) is 24.8 Å². The first-order valence-corrected chi connectivity index (χ1v) is 10.2. The van der Waals surface area contributed by atoms with Gasteiger partial charge in [0, 0.05) is 13.1 Å². The summed E-state index contributed by atoms with van der Waals surface area (Å²) >= 11 is 0. The van der Waals surface area contributed by atoms with Crippen LogP contribution < -0.4 is 0 Å². The van der Waals surface area contributed by atoms with E-state index in [4.69, 9.17) is 4.74 Å². The van der Waals surface area contributed by atoms with Crippen molar-refractivity contribution < 1.29 is 17.9 Å². The highest BCUT2D eigenvalue weighted by Crippen LogP contribution is 2.36. The van der Waals surface area contributed by atoms with Gasteiger partial charge in [0.25, 0.3) is 0 Å². The maximum Gasteiger partial charge on any atom is 0.338 e. The topological polar surface area (TPSA) is 63.7 Å². The monoisotopic (exact) mass is 373 g/mol. The molecule has 0 aliphatic heterocycles. The van der Waals surface area contributed by atoms with E-state index in [-0.39, 0.29) is 17.5 Å². The molecular formula is C20H23NO4S. The van der Waals surface area contributed by atoms with Crippen molar-refractivity contribution in [1.29, 1.82) is 0 Å². The van der Waals surface area contributed by atoms with Crippen molar-refractivity contribution in [3.63, 3.8) is 0 Å². The van der Waals surface area contributed by atoms with Crippen molar-refractivity contribution >= 4 is 16.0 Å². The maximum atomic E-state index is 13.1. The van der Waals surface area contributed by atoms with Crippen LogP contribution in [0, 0.1) is 0 Å². The average molecular weight is 373 g/mol. The lowest BCUT2D eigenvalue weighted by atomic mass is 9.88. The minimum atomic E-state index is -3.65. The van der Waals surface area contributed by atoms with Crippen LogP contribution in [0.2, 0.25) is 0 Å². The SMILES string of the molecule is CCOC(=O)c1ccc(S(=O)(=O)N(C)[C@H]2CCCc3ccccc32)cc1. The fourth-order valence-corrected chi connectivity index (χ4v) is 4.78. The van der Waals surface area contributed by atoms with Crippen molar-refractivity contribution in [1.82, 2.24) is 4.31 Å². The minimum absolute atomic E-state index is 0.172. The number of esters is 1. The molecule has 0 fully saturated rings. The number of carbonyl (C=O) groups excluding carboxylic acids is 1. The first kappa shape index (κ1) is 18.6. The highest BCUT2D eigenvalue weighted by molar-refractivity contribution is 7.89. The van der Waals surface area contributed by atoms with Crippen molar-refractivity contribution in [2.75, 3.05) is 13.7 Å². The number of rotatable bonds is 5. The largest absolute Gasteiger partial charge is 0.462 e. The molecule has 1 atom stereocenters. The summed E-state index contributed by atoms with van der Waals surface area (Å²) in [5, 5.41) is 0. The Kier molecular flexibility index (Phi) is 5.44. The molecule has 5 nitrogen and oxygen atoms in total. The van der Waals surface area contributed by atoms with E-state index < -0.39 is 16.0 Å². The highest BCUT2D eigenvalue weighted by Gasteiger charge is 2.32. The van der Waals surface area contributed by atoms with E-state index in [1.54, 1.807) is 14.0 Å². The van der Waals surface area contributed by atoms with E-state index in [0.29, 0.717) is 5.56 Å². The fraction of sp³-hybridized carbons (Fsp3) is 0.350. The zero-order valence-electron chi connectivity index (χ0n) is 15.0. The van der Waals surface area contributed by atoms with Crippen molar-refractivity contribution in [3.05, 3.63) is 65.2 Å². The molecule has 1 aliphatic rings. The number of fused-ring (bicyclic) bond motifs is 1. The Bertz CT molecular complexity index is 890. The number of aryl methyl sites for hydroxylation is 1. The van der Waals surface area contributed by atoms with Crippen LogP contribution in [0.15, 0.2) is 53.4 Å². The van der Waals surface area contributed by atoms with Gasteiger partial charge in [-0.2, -0.15) is 4.31 Å². The number of hydrogen-bond acceptors (Lipinski definition) is 4. The molecule has 0 bridgehead atoms. The predicted molar refractivity (Wildman–Crippen MR) is 99.5 cm³/mol. The van der Waals surface area contributed by atoms with Gasteiger partial charge in [-0.1, -0.05) is 24.3 Å². The van der Waals surface area contributed by atoms with Crippen LogP contribution in [0.1, 0.15) is 47.3 Å². The van der Waals surface area contributed by atoms with Gasteiger partial charge in [-0.05, 0) is 61.6 Å². The number of benzene rings is 2. The molecule has 2 aromatic carbocycles. The van der Waals surface area contributed by atoms with Crippen LogP contribution in [-0.2, 0) is 21.2 Å². The maximum absolute atomic E-state index is 13.1. The molecule has 6 heteroatoms. The molecule has 26 heavy (non-hydrogen) atoms. The standard InChI is InChI=1S/C20H23NO4S/c1-3-25-20(22)16-11-13-17(14-12-16)26(23,24)21(2)19-10-6-8-15-7-4-5-9-18(15)19/h4-5,7,9,11-14,19H,3,6,8,10H2,1-2H3/t19-/m0/s1. The third kappa shape index (κ3) is 3.52. The summed E-state index contributed by atoms with van der Waals surface area (Å²) in [4.78, 5) is 11.9. The molecule has 3 rings (SSSR count). The van der Waals surface area contributed by atoms with Crippen LogP contribution in [0.25, 0.3) is 0 Å². The number of sulfonamides is 1. The fourth-order valence-electron chi connectivity index (χ4n) is 3.42. The molecule has 0 unspecified atom stereocenters. The van der Waals surface area contributed by atoms with Gasteiger partial charge in [-0.25, -0.2) is 13.2 Å². The lowest BCUT2D eigenvalue weighted by molar-refractivity contribution is 0.0526. The number of carbonyl (C=O) groups is 1. The summed E-state index contributed by atoms with van der Waals surface area (Å²) in [5.74, 6) is -0.453. The molecule has 0 amide bonds. The van der Waals surface area contributed by atoms with Gasteiger partial charge in [0.2, 0.25) is 10.0 Å². The van der Waals surface area contributed by atoms with Gasteiger partial charge in [-0.3, -0.25) is 0 Å². The number of hydrogen-bond donors (Lipinski definition) is 0. The van der Waals surface area contributed by atoms with Crippen molar-refractivity contribution in [2.24, 2.45) is 0 Å². The quantitative estimate of drug-likeness (QED) is 0.752. The van der Waals surface area contributed by atoms with Gasteiger partial charge in [-0.15, -0.1) is 0 Å². The second-order valence-electron chi connectivity index (χ2n) is 6.37. The summed E-state index contributed by atoms with van der Waals surface area (Å²) in [6, 6.07) is 13.8. The average Bonchev–Trinajstić information content (AvgIpc) is 2.67. The first-order chi connectivity index (χ1) is 12.4. The van der Waals surface area contributed by atoms with Crippen LogP contribution in [0.5, 0.6) is 0 Å². The van der Waals surface area contributed by atoms with E-state index in [1.165, 1.54) is 34.1 Å². The lowest BCUT2D eigenvalue weighted by Gasteiger charge is -2.32. The Labute approximate surface area is 154 Å². The Morgan fingerprint density at radius 3 is 2.54 bits per heavy atom. The molecule has 1 aliphatic carbocycles. The Morgan fingerprint density at radius 2 is 1.85 bits per heavy atom. The van der Waals surface area contributed by atoms with Crippen molar-refractivity contribution in [2.45, 2.75) is 37.1 Å². The zero-order valence-corrected chi connectivity index (χ0v) is 15.8. The smallest absolute Gasteiger partial charge is 0.338 e. The zero-order chi connectivity index (χ0) is 18.7. The Hall–Kier alpha value is -2.18. The minimum Gasteiger partial charge on any atom is -0.462 e. The molecule has 2 aromatic rings. The van der Waals surface area contributed by atoms with E-state index in [2.05, 4.69) is 6.07 Å². The molecule has 0 aromatic heterocycles. The van der Waals surface area contributed by atoms with Gasteiger partial charge in [0.05, 0.1) is 17.1 Å². The summed E-state index contributed by atoms with van der Waals surface area (Å²) in [7, 11) is -2.03. The third-order valence-electron chi connectivity index (χ3n) is 4.82. The second-order valence-corrected chi connectivity index (χ2v) is 8.37. The molecule has 0 radical (unpaired) electrons. The normalized spacial score (nSPS) is 17.0. The summed E-state index contributed by atoms with van der Waals surface area (Å²) < 4.78 is 32.5. The van der Waals surface area contributed by atoms with E-state index in [9.17, 15) is 13.2 Å². The third-order valence-corrected chi connectivity index (χ3v) is 6.70. The Morgan fingerprint density at radius 1 is 1.15 bits per heavy atom. The molecule has 0 N–H and O–H groups in total. The molecule has 0 heterocycles. The van der Waals surface area contributed by atoms with Crippen LogP contribution in [0.4, 0.5) is 0 Å². The highest BCUT2D eigenvalue weighted by atomic mass is 32.2. The van der Waals surface area contributed by atoms with Gasteiger partial charge in [0.15, 0.2) is 0 Å². The number of nitrogens with zero attached hydrogens (tertiary/aromatic N) is 1. The van der Waals surface area contributed by atoms with Crippen molar-refractivity contribution in [3.8, 4) is 0 Å². The summed E-state index contributed by atoms with van der Waals surface area (Å²) in [5.41, 5.74) is 2.63. The van der Waals surface area contributed by atoms with Crippen LogP contribution in [0.3, 0.4) is 0 Å². The number of ether oxygens (including phenoxy) is 1. The molecule has 0 spiro atoms. The molecule has 0 saturated heterocycles. The van der Waals surface area contributed by atoms with Gasteiger partial charge >= 0.3 is 5.97 Å².